The summed E-state index contributed by atoms with van der Waals surface area (Å²) in [6, 6.07) is 7.14. The number of aryl methyl sites for hydroxylation is 1. The van der Waals surface area contributed by atoms with Gasteiger partial charge >= 0.3 is 6.18 Å². The van der Waals surface area contributed by atoms with E-state index in [0.717, 1.165) is 0 Å². The third kappa shape index (κ3) is 5.07. The van der Waals surface area contributed by atoms with Gasteiger partial charge in [0.2, 0.25) is 15.9 Å². The number of rotatable bonds is 6. The normalized spacial score (nSPS) is 12.2. The lowest BCUT2D eigenvalue weighted by molar-refractivity contribution is -0.137. The Morgan fingerprint density at radius 2 is 1.96 bits per heavy atom. The molecule has 0 aliphatic carbocycles. The van der Waals surface area contributed by atoms with Crippen molar-refractivity contribution >= 4 is 21.6 Å². The van der Waals surface area contributed by atoms with Gasteiger partial charge < -0.3 is 4.74 Å². The monoisotopic (exact) mass is 394 g/mol. The van der Waals surface area contributed by atoms with E-state index >= 15 is 0 Å². The zero-order chi connectivity index (χ0) is 18.7. The molecule has 2 rings (SSSR count). The molecule has 1 aromatic carbocycles. The van der Waals surface area contributed by atoms with Crippen molar-refractivity contribution in [1.82, 2.24) is 9.71 Å². The average Bonchev–Trinajstić information content (AvgIpc) is 2.52. The van der Waals surface area contributed by atoms with Crippen molar-refractivity contribution in [1.29, 1.82) is 0 Å². The topological polar surface area (TPSA) is 68.3 Å². The number of hydrogen-bond acceptors (Lipinski definition) is 4. The molecule has 0 amide bonds. The first-order chi connectivity index (χ1) is 11.6. The van der Waals surface area contributed by atoms with E-state index in [9.17, 15) is 21.6 Å². The van der Waals surface area contributed by atoms with Gasteiger partial charge in [0.15, 0.2) is 0 Å². The maximum Gasteiger partial charge on any atom is 0.417 e. The van der Waals surface area contributed by atoms with Crippen LogP contribution in [0.1, 0.15) is 11.1 Å². The SMILES string of the molecule is Cc1ccccc1S(=O)(=O)NCCOc1ncc(C(F)(F)F)cc1Cl. The van der Waals surface area contributed by atoms with Gasteiger partial charge in [0.25, 0.3) is 0 Å². The van der Waals surface area contributed by atoms with E-state index in [1.54, 1.807) is 25.1 Å². The third-order valence-electron chi connectivity index (χ3n) is 3.15. The summed E-state index contributed by atoms with van der Waals surface area (Å²) in [6.45, 7) is 1.41. The van der Waals surface area contributed by atoms with Gasteiger partial charge in [-0.1, -0.05) is 29.8 Å². The first kappa shape index (κ1) is 19.5. The molecule has 0 radical (unpaired) electrons. The highest BCUT2D eigenvalue weighted by molar-refractivity contribution is 7.89. The van der Waals surface area contributed by atoms with Gasteiger partial charge in [-0.25, -0.2) is 18.1 Å². The van der Waals surface area contributed by atoms with E-state index in [1.807, 2.05) is 0 Å². The summed E-state index contributed by atoms with van der Waals surface area (Å²) < 4.78 is 69.3. The van der Waals surface area contributed by atoms with E-state index in [1.165, 1.54) is 6.07 Å². The molecule has 0 saturated carbocycles. The highest BCUT2D eigenvalue weighted by Gasteiger charge is 2.31. The minimum Gasteiger partial charge on any atom is -0.475 e. The quantitative estimate of drug-likeness (QED) is 0.762. The number of nitrogens with one attached hydrogen (secondary N) is 1. The Bertz CT molecular complexity index is 857. The van der Waals surface area contributed by atoms with Crippen molar-refractivity contribution in [2.24, 2.45) is 0 Å². The summed E-state index contributed by atoms with van der Waals surface area (Å²) in [4.78, 5) is 3.64. The number of aromatic nitrogens is 1. The molecular weight excluding hydrogens is 381 g/mol. The van der Waals surface area contributed by atoms with Crippen LogP contribution in [0.15, 0.2) is 41.4 Å². The molecule has 0 bridgehead atoms. The summed E-state index contributed by atoms with van der Waals surface area (Å²) >= 11 is 5.69. The lowest BCUT2D eigenvalue weighted by atomic mass is 10.2. The molecule has 0 fully saturated rings. The zero-order valence-electron chi connectivity index (χ0n) is 13.0. The average molecular weight is 395 g/mol. The second-order valence-electron chi connectivity index (χ2n) is 5.02. The second-order valence-corrected chi connectivity index (χ2v) is 7.16. The number of hydrogen-bond donors (Lipinski definition) is 1. The zero-order valence-corrected chi connectivity index (χ0v) is 14.5. The molecule has 0 spiro atoms. The fourth-order valence-corrected chi connectivity index (χ4v) is 3.42. The van der Waals surface area contributed by atoms with Crippen LogP contribution in [0.4, 0.5) is 13.2 Å². The van der Waals surface area contributed by atoms with Crippen LogP contribution in [0.3, 0.4) is 0 Å². The summed E-state index contributed by atoms with van der Waals surface area (Å²) in [5, 5.41) is -0.309. The molecule has 1 aromatic heterocycles. The number of ether oxygens (including phenoxy) is 1. The van der Waals surface area contributed by atoms with Crippen LogP contribution < -0.4 is 9.46 Å². The molecule has 136 valence electrons. The van der Waals surface area contributed by atoms with Gasteiger partial charge in [0, 0.05) is 12.7 Å². The van der Waals surface area contributed by atoms with E-state index in [-0.39, 0.29) is 28.9 Å². The van der Waals surface area contributed by atoms with Crippen molar-refractivity contribution < 1.29 is 26.3 Å². The predicted octanol–water partition coefficient (Wildman–Crippen LogP) is 3.42. The van der Waals surface area contributed by atoms with Gasteiger partial charge in [-0.3, -0.25) is 0 Å². The molecular formula is C15H14ClF3N2O3S. The molecule has 1 heterocycles. The fraction of sp³-hybridized carbons (Fsp3) is 0.267. The van der Waals surface area contributed by atoms with Crippen molar-refractivity contribution in [3.8, 4) is 5.88 Å². The Morgan fingerprint density at radius 3 is 2.56 bits per heavy atom. The van der Waals surface area contributed by atoms with Gasteiger partial charge in [0.1, 0.15) is 11.6 Å². The summed E-state index contributed by atoms with van der Waals surface area (Å²) in [5.41, 5.74) is -0.409. The highest BCUT2D eigenvalue weighted by atomic mass is 35.5. The Balaban J connectivity index is 1.94. The van der Waals surface area contributed by atoms with Crippen LogP contribution in [0.25, 0.3) is 0 Å². The van der Waals surface area contributed by atoms with Crippen LogP contribution in [-0.2, 0) is 16.2 Å². The minimum absolute atomic E-state index is 0.101. The van der Waals surface area contributed by atoms with Crippen LogP contribution in [0.2, 0.25) is 5.02 Å². The molecule has 0 atom stereocenters. The second kappa shape index (κ2) is 7.59. The Labute approximate surface area is 147 Å². The molecule has 0 aliphatic rings. The maximum absolute atomic E-state index is 12.5. The largest absolute Gasteiger partial charge is 0.475 e. The Morgan fingerprint density at radius 1 is 1.28 bits per heavy atom. The van der Waals surface area contributed by atoms with E-state index in [4.69, 9.17) is 16.3 Å². The van der Waals surface area contributed by atoms with E-state index in [0.29, 0.717) is 17.8 Å². The first-order valence-corrected chi connectivity index (χ1v) is 8.88. The molecule has 10 heteroatoms. The molecule has 25 heavy (non-hydrogen) atoms. The third-order valence-corrected chi connectivity index (χ3v) is 5.04. The number of nitrogens with zero attached hydrogens (tertiary/aromatic N) is 1. The van der Waals surface area contributed by atoms with Gasteiger partial charge in [-0.05, 0) is 24.6 Å². The Hall–Kier alpha value is -1.84. The number of sulfonamides is 1. The summed E-state index contributed by atoms with van der Waals surface area (Å²) in [7, 11) is -3.71. The predicted molar refractivity (Wildman–Crippen MR) is 86.1 cm³/mol. The van der Waals surface area contributed by atoms with Crippen molar-refractivity contribution in [2.75, 3.05) is 13.2 Å². The van der Waals surface area contributed by atoms with Gasteiger partial charge in [-0.15, -0.1) is 0 Å². The highest BCUT2D eigenvalue weighted by Crippen LogP contribution is 2.33. The smallest absolute Gasteiger partial charge is 0.417 e. The molecule has 5 nitrogen and oxygen atoms in total. The number of pyridine rings is 1. The summed E-state index contributed by atoms with van der Waals surface area (Å²) in [6.07, 6.45) is -3.96. The number of alkyl halides is 3. The standard InChI is InChI=1S/C15H14ClF3N2O3S/c1-10-4-2-3-5-13(10)25(22,23)21-6-7-24-14-12(16)8-11(9-20-14)15(17,18)19/h2-5,8-9,21H,6-7H2,1H3. The maximum atomic E-state index is 12.5. The lowest BCUT2D eigenvalue weighted by Gasteiger charge is -2.11. The van der Waals surface area contributed by atoms with E-state index in [2.05, 4.69) is 9.71 Å². The van der Waals surface area contributed by atoms with Crippen LogP contribution in [-0.4, -0.2) is 26.6 Å². The molecule has 0 unspecified atom stereocenters. The molecule has 0 aliphatic heterocycles. The summed E-state index contributed by atoms with van der Waals surface area (Å²) in [5.74, 6) is -0.204. The molecule has 2 aromatic rings. The number of benzene rings is 1. The minimum atomic E-state index is -4.56. The van der Waals surface area contributed by atoms with Crippen LogP contribution >= 0.6 is 11.6 Å². The van der Waals surface area contributed by atoms with Crippen molar-refractivity contribution in [3.63, 3.8) is 0 Å². The number of halogens is 4. The van der Waals surface area contributed by atoms with Crippen LogP contribution in [0.5, 0.6) is 5.88 Å². The molecule has 1 N–H and O–H groups in total. The Kier molecular flexibility index (Phi) is 5.91. The first-order valence-electron chi connectivity index (χ1n) is 7.02. The molecule has 0 saturated heterocycles. The lowest BCUT2D eigenvalue weighted by Crippen LogP contribution is -2.29. The van der Waals surface area contributed by atoms with Gasteiger partial charge in [-0.2, -0.15) is 13.2 Å². The van der Waals surface area contributed by atoms with E-state index < -0.39 is 21.8 Å². The van der Waals surface area contributed by atoms with Gasteiger partial charge in [0.05, 0.1) is 10.5 Å². The van der Waals surface area contributed by atoms with Crippen molar-refractivity contribution in [3.05, 3.63) is 52.7 Å². The van der Waals surface area contributed by atoms with Crippen LogP contribution in [0, 0.1) is 6.92 Å². The van der Waals surface area contributed by atoms with Crippen molar-refractivity contribution in [2.45, 2.75) is 18.0 Å². The fourth-order valence-electron chi connectivity index (χ4n) is 1.95.